The SMILES string of the molecule is CC(=O)N1c2ccccc2CC1C(=O)NCCCN1CCN(c2ccccc2F)CC1. The number of carbonyl (C=O) groups excluding carboxylic acids is 2. The minimum absolute atomic E-state index is 0.101. The molecule has 2 aromatic carbocycles. The van der Waals surface area contributed by atoms with E-state index in [1.807, 2.05) is 36.4 Å². The normalized spacial score (nSPS) is 18.7. The third-order valence-electron chi connectivity index (χ3n) is 6.13. The van der Waals surface area contributed by atoms with Crippen molar-refractivity contribution >= 4 is 23.2 Å². The summed E-state index contributed by atoms with van der Waals surface area (Å²) in [5, 5.41) is 3.01. The Morgan fingerprint density at radius 3 is 2.39 bits per heavy atom. The van der Waals surface area contributed by atoms with Crippen LogP contribution in [0.3, 0.4) is 0 Å². The lowest BCUT2D eigenvalue weighted by atomic mass is 10.1. The Bertz CT molecular complexity index is 943. The molecule has 31 heavy (non-hydrogen) atoms. The number of hydrogen-bond donors (Lipinski definition) is 1. The molecular weight excluding hydrogens is 395 g/mol. The van der Waals surface area contributed by atoms with Crippen molar-refractivity contribution in [2.45, 2.75) is 25.8 Å². The van der Waals surface area contributed by atoms with Gasteiger partial charge in [-0.15, -0.1) is 0 Å². The van der Waals surface area contributed by atoms with Crippen molar-refractivity contribution in [3.8, 4) is 0 Å². The molecular formula is C24H29FN4O2. The van der Waals surface area contributed by atoms with Crippen molar-refractivity contribution in [1.82, 2.24) is 10.2 Å². The average molecular weight is 425 g/mol. The van der Waals surface area contributed by atoms with E-state index >= 15 is 0 Å². The lowest BCUT2D eigenvalue weighted by Gasteiger charge is -2.36. The molecule has 2 aliphatic rings. The van der Waals surface area contributed by atoms with Gasteiger partial charge in [0.25, 0.3) is 0 Å². The number of halogens is 1. The molecule has 2 heterocycles. The fourth-order valence-corrected chi connectivity index (χ4v) is 4.54. The van der Waals surface area contributed by atoms with Crippen LogP contribution >= 0.6 is 0 Å². The van der Waals surface area contributed by atoms with Gasteiger partial charge in [0.2, 0.25) is 11.8 Å². The molecule has 0 aliphatic carbocycles. The molecule has 2 amide bonds. The van der Waals surface area contributed by atoms with E-state index in [2.05, 4.69) is 15.1 Å². The van der Waals surface area contributed by atoms with Gasteiger partial charge >= 0.3 is 0 Å². The van der Waals surface area contributed by atoms with E-state index in [-0.39, 0.29) is 17.6 Å². The van der Waals surface area contributed by atoms with Crippen LogP contribution in [-0.2, 0) is 16.0 Å². The first-order valence-corrected chi connectivity index (χ1v) is 10.9. The van der Waals surface area contributed by atoms with Crippen molar-refractivity contribution in [3.63, 3.8) is 0 Å². The molecule has 1 fully saturated rings. The molecule has 1 atom stereocenters. The van der Waals surface area contributed by atoms with Crippen molar-refractivity contribution in [1.29, 1.82) is 0 Å². The van der Waals surface area contributed by atoms with E-state index in [1.165, 1.54) is 13.0 Å². The van der Waals surface area contributed by atoms with Gasteiger partial charge in [-0.2, -0.15) is 0 Å². The second kappa shape index (κ2) is 9.47. The summed E-state index contributed by atoms with van der Waals surface area (Å²) < 4.78 is 14.0. The van der Waals surface area contributed by atoms with E-state index in [1.54, 1.807) is 11.0 Å². The Kier molecular flexibility index (Phi) is 6.51. The number of amides is 2. The van der Waals surface area contributed by atoms with Crippen LogP contribution in [0, 0.1) is 5.82 Å². The zero-order chi connectivity index (χ0) is 21.8. The Balaban J connectivity index is 1.21. The minimum Gasteiger partial charge on any atom is -0.367 e. The fourth-order valence-electron chi connectivity index (χ4n) is 4.54. The van der Waals surface area contributed by atoms with Crippen LogP contribution in [0.25, 0.3) is 0 Å². The highest BCUT2D eigenvalue weighted by Gasteiger charge is 2.36. The molecule has 0 spiro atoms. The number of carbonyl (C=O) groups is 2. The van der Waals surface area contributed by atoms with Gasteiger partial charge in [0.1, 0.15) is 11.9 Å². The maximum absolute atomic E-state index is 14.0. The molecule has 0 aromatic heterocycles. The lowest BCUT2D eigenvalue weighted by Crippen LogP contribution is -2.49. The summed E-state index contributed by atoms with van der Waals surface area (Å²) in [6, 6.07) is 14.1. The van der Waals surface area contributed by atoms with Gasteiger partial charge in [-0.05, 0) is 36.7 Å². The smallest absolute Gasteiger partial charge is 0.243 e. The monoisotopic (exact) mass is 424 g/mol. The van der Waals surface area contributed by atoms with Crippen molar-refractivity contribution < 1.29 is 14.0 Å². The van der Waals surface area contributed by atoms with Gasteiger partial charge in [0.15, 0.2) is 0 Å². The first-order valence-electron chi connectivity index (χ1n) is 10.9. The maximum atomic E-state index is 14.0. The van der Waals surface area contributed by atoms with E-state index in [9.17, 15) is 14.0 Å². The van der Waals surface area contributed by atoms with Gasteiger partial charge in [-0.1, -0.05) is 30.3 Å². The second-order valence-electron chi connectivity index (χ2n) is 8.16. The highest BCUT2D eigenvalue weighted by molar-refractivity contribution is 6.02. The van der Waals surface area contributed by atoms with Crippen molar-refractivity contribution in [2.75, 3.05) is 49.1 Å². The Hall–Kier alpha value is -2.93. The second-order valence-corrected chi connectivity index (χ2v) is 8.16. The predicted molar refractivity (Wildman–Crippen MR) is 120 cm³/mol. The number of nitrogens with one attached hydrogen (secondary N) is 1. The van der Waals surface area contributed by atoms with E-state index < -0.39 is 6.04 Å². The molecule has 7 heteroatoms. The van der Waals surface area contributed by atoms with Crippen LogP contribution < -0.4 is 15.1 Å². The highest BCUT2D eigenvalue weighted by atomic mass is 19.1. The fraction of sp³-hybridized carbons (Fsp3) is 0.417. The Morgan fingerprint density at radius 2 is 1.68 bits per heavy atom. The van der Waals surface area contributed by atoms with Crippen LogP contribution in [0.2, 0.25) is 0 Å². The molecule has 164 valence electrons. The van der Waals surface area contributed by atoms with E-state index in [0.29, 0.717) is 18.7 Å². The first-order chi connectivity index (χ1) is 15.0. The summed E-state index contributed by atoms with van der Waals surface area (Å²) in [7, 11) is 0. The largest absolute Gasteiger partial charge is 0.367 e. The number of anilines is 2. The average Bonchev–Trinajstić information content (AvgIpc) is 3.17. The summed E-state index contributed by atoms with van der Waals surface area (Å²) in [5.74, 6) is -0.388. The van der Waals surface area contributed by atoms with Crippen LogP contribution in [0.15, 0.2) is 48.5 Å². The highest BCUT2D eigenvalue weighted by Crippen LogP contribution is 2.32. The molecule has 6 nitrogen and oxygen atoms in total. The van der Waals surface area contributed by atoms with E-state index in [4.69, 9.17) is 0 Å². The van der Waals surface area contributed by atoms with Gasteiger partial charge < -0.3 is 10.2 Å². The summed E-state index contributed by atoms with van der Waals surface area (Å²) in [6.07, 6.45) is 1.39. The first kappa shape index (κ1) is 21.3. The molecule has 1 saturated heterocycles. The standard InChI is InChI=1S/C24H29FN4O2/c1-18(30)29-21-9-4-2-7-19(21)17-23(29)24(31)26-11-6-12-27-13-15-28(16-14-27)22-10-5-3-8-20(22)25/h2-5,7-10,23H,6,11-17H2,1H3,(H,26,31). The number of rotatable bonds is 6. The Morgan fingerprint density at radius 1 is 1.00 bits per heavy atom. The molecule has 0 radical (unpaired) electrons. The molecule has 1 unspecified atom stereocenters. The summed E-state index contributed by atoms with van der Waals surface area (Å²) in [5.41, 5.74) is 2.54. The third kappa shape index (κ3) is 4.71. The van der Waals surface area contributed by atoms with Gasteiger partial charge in [0.05, 0.1) is 5.69 Å². The molecule has 0 bridgehead atoms. The third-order valence-corrected chi connectivity index (χ3v) is 6.13. The number of hydrogen-bond acceptors (Lipinski definition) is 4. The summed E-state index contributed by atoms with van der Waals surface area (Å²) in [6.45, 7) is 6.29. The quantitative estimate of drug-likeness (QED) is 0.724. The van der Waals surface area contributed by atoms with Gasteiger partial charge in [-0.25, -0.2) is 4.39 Å². The minimum atomic E-state index is -0.473. The van der Waals surface area contributed by atoms with Crippen molar-refractivity contribution in [3.05, 3.63) is 59.9 Å². The van der Waals surface area contributed by atoms with Gasteiger partial charge in [-0.3, -0.25) is 19.4 Å². The van der Waals surface area contributed by atoms with Crippen LogP contribution in [0.4, 0.5) is 15.8 Å². The Labute approximate surface area is 182 Å². The number of para-hydroxylation sites is 2. The van der Waals surface area contributed by atoms with Crippen LogP contribution in [0.1, 0.15) is 18.9 Å². The molecule has 2 aromatic rings. The van der Waals surface area contributed by atoms with Crippen LogP contribution in [-0.4, -0.2) is 62.0 Å². The predicted octanol–water partition coefficient (Wildman–Crippen LogP) is 2.43. The molecule has 1 N–H and O–H groups in total. The zero-order valence-corrected chi connectivity index (χ0v) is 17.9. The molecule has 0 saturated carbocycles. The zero-order valence-electron chi connectivity index (χ0n) is 17.9. The molecule has 2 aliphatic heterocycles. The topological polar surface area (TPSA) is 55.9 Å². The maximum Gasteiger partial charge on any atom is 0.243 e. The number of benzene rings is 2. The van der Waals surface area contributed by atoms with Crippen molar-refractivity contribution in [2.24, 2.45) is 0 Å². The lowest BCUT2D eigenvalue weighted by molar-refractivity contribution is -0.125. The number of fused-ring (bicyclic) bond motifs is 1. The number of piperazine rings is 1. The molecule has 4 rings (SSSR count). The number of nitrogens with zero attached hydrogens (tertiary/aromatic N) is 3. The summed E-state index contributed by atoms with van der Waals surface area (Å²) >= 11 is 0. The summed E-state index contributed by atoms with van der Waals surface area (Å²) in [4.78, 5) is 30.9. The van der Waals surface area contributed by atoms with E-state index in [0.717, 1.165) is 50.4 Å². The van der Waals surface area contributed by atoms with Crippen LogP contribution in [0.5, 0.6) is 0 Å². The van der Waals surface area contributed by atoms with Gasteiger partial charge in [0, 0.05) is 51.8 Å².